The van der Waals surface area contributed by atoms with Crippen molar-refractivity contribution in [2.45, 2.75) is 19.3 Å². The third-order valence-corrected chi connectivity index (χ3v) is 2.97. The van der Waals surface area contributed by atoms with E-state index in [1.807, 2.05) is 0 Å². The second-order valence-electron chi connectivity index (χ2n) is 4.13. The zero-order chi connectivity index (χ0) is 12.3. The number of carbonyl (C=O) groups excluding carboxylic acids is 1. The minimum atomic E-state index is -0.503. The first-order chi connectivity index (χ1) is 8.20. The zero-order valence-electron chi connectivity index (χ0n) is 9.46. The zero-order valence-corrected chi connectivity index (χ0v) is 9.46. The van der Waals surface area contributed by atoms with E-state index in [0.717, 1.165) is 19.3 Å². The van der Waals surface area contributed by atoms with Crippen molar-refractivity contribution in [3.05, 3.63) is 39.9 Å². The number of hydrogen-bond donors (Lipinski definition) is 0. The molecule has 0 radical (unpaired) electrons. The third-order valence-electron chi connectivity index (χ3n) is 2.97. The van der Waals surface area contributed by atoms with Gasteiger partial charge in [0.1, 0.15) is 5.56 Å². The average molecular weight is 234 g/mol. The number of rotatable bonds is 2. The lowest BCUT2D eigenvalue weighted by Crippen LogP contribution is -2.35. The van der Waals surface area contributed by atoms with E-state index in [4.69, 9.17) is 0 Å². The van der Waals surface area contributed by atoms with E-state index >= 15 is 0 Å². The van der Waals surface area contributed by atoms with E-state index in [9.17, 15) is 14.9 Å². The molecular weight excluding hydrogens is 220 g/mol. The fourth-order valence-corrected chi connectivity index (χ4v) is 2.08. The Morgan fingerprint density at radius 1 is 1.18 bits per heavy atom. The van der Waals surface area contributed by atoms with Crippen molar-refractivity contribution in [1.29, 1.82) is 0 Å². The maximum Gasteiger partial charge on any atom is 0.282 e. The molecule has 1 aromatic rings. The number of nitro benzene ring substituents is 1. The summed E-state index contributed by atoms with van der Waals surface area (Å²) in [6.07, 6.45) is 3.08. The van der Waals surface area contributed by atoms with E-state index in [1.165, 1.54) is 12.1 Å². The van der Waals surface area contributed by atoms with Gasteiger partial charge in [-0.05, 0) is 25.3 Å². The molecule has 0 aliphatic carbocycles. The summed E-state index contributed by atoms with van der Waals surface area (Å²) < 4.78 is 0. The van der Waals surface area contributed by atoms with E-state index in [1.54, 1.807) is 17.0 Å². The molecule has 90 valence electrons. The highest BCUT2D eigenvalue weighted by atomic mass is 16.6. The standard InChI is InChI=1S/C12H14N2O3/c15-12(13-8-4-1-5-9-13)10-6-2-3-7-11(10)14(16)17/h2-3,6-7H,1,4-5,8-9H2. The monoisotopic (exact) mass is 234 g/mol. The van der Waals surface area contributed by atoms with E-state index < -0.39 is 4.92 Å². The van der Waals surface area contributed by atoms with Gasteiger partial charge in [-0.1, -0.05) is 12.1 Å². The second kappa shape index (κ2) is 4.95. The number of nitrogens with zero attached hydrogens (tertiary/aromatic N) is 2. The molecule has 1 saturated heterocycles. The van der Waals surface area contributed by atoms with Crippen LogP contribution in [0.5, 0.6) is 0 Å². The molecule has 5 nitrogen and oxygen atoms in total. The fourth-order valence-electron chi connectivity index (χ4n) is 2.08. The number of likely N-dealkylation sites (tertiary alicyclic amines) is 1. The van der Waals surface area contributed by atoms with Crippen molar-refractivity contribution in [2.24, 2.45) is 0 Å². The molecule has 0 spiro atoms. The molecule has 0 bridgehead atoms. The van der Waals surface area contributed by atoms with Crippen LogP contribution in [-0.4, -0.2) is 28.8 Å². The number of para-hydroxylation sites is 1. The van der Waals surface area contributed by atoms with Crippen molar-refractivity contribution in [1.82, 2.24) is 4.90 Å². The van der Waals surface area contributed by atoms with Gasteiger partial charge in [-0.25, -0.2) is 0 Å². The van der Waals surface area contributed by atoms with Crippen molar-refractivity contribution in [3.8, 4) is 0 Å². The summed E-state index contributed by atoms with van der Waals surface area (Å²) in [5.41, 5.74) is 0.0856. The predicted octanol–water partition coefficient (Wildman–Crippen LogP) is 2.22. The average Bonchev–Trinajstić information content (AvgIpc) is 2.39. The van der Waals surface area contributed by atoms with Crippen LogP contribution >= 0.6 is 0 Å². The van der Waals surface area contributed by atoms with E-state index in [0.29, 0.717) is 13.1 Å². The van der Waals surface area contributed by atoms with Crippen molar-refractivity contribution in [2.75, 3.05) is 13.1 Å². The van der Waals surface area contributed by atoms with Crippen molar-refractivity contribution >= 4 is 11.6 Å². The first kappa shape index (κ1) is 11.6. The SMILES string of the molecule is O=C(c1ccccc1[N+](=O)[O-])N1CCCCC1. The molecule has 0 N–H and O–H groups in total. The van der Waals surface area contributed by atoms with Crippen LogP contribution < -0.4 is 0 Å². The summed E-state index contributed by atoms with van der Waals surface area (Å²) in [5, 5.41) is 10.8. The van der Waals surface area contributed by atoms with Gasteiger partial charge < -0.3 is 4.90 Å². The minimum absolute atomic E-state index is 0.108. The largest absolute Gasteiger partial charge is 0.338 e. The van der Waals surface area contributed by atoms with E-state index in [-0.39, 0.29) is 17.2 Å². The Morgan fingerprint density at radius 3 is 2.47 bits per heavy atom. The van der Waals surface area contributed by atoms with Crippen LogP contribution in [0, 0.1) is 10.1 Å². The minimum Gasteiger partial charge on any atom is -0.338 e. The van der Waals surface area contributed by atoms with Crippen molar-refractivity contribution < 1.29 is 9.72 Å². The molecule has 1 heterocycles. The van der Waals surface area contributed by atoms with Gasteiger partial charge in [-0.2, -0.15) is 0 Å². The maximum atomic E-state index is 12.1. The normalized spacial score (nSPS) is 15.6. The molecule has 2 rings (SSSR count). The van der Waals surface area contributed by atoms with Gasteiger partial charge in [0.2, 0.25) is 0 Å². The van der Waals surface area contributed by atoms with Crippen LogP contribution in [-0.2, 0) is 0 Å². The lowest BCUT2D eigenvalue weighted by Gasteiger charge is -2.26. The molecule has 0 atom stereocenters. The van der Waals surface area contributed by atoms with Gasteiger partial charge in [0.25, 0.3) is 11.6 Å². The lowest BCUT2D eigenvalue weighted by atomic mass is 10.1. The summed E-state index contributed by atoms with van der Waals surface area (Å²) in [6, 6.07) is 6.13. The maximum absolute atomic E-state index is 12.1. The summed E-state index contributed by atoms with van der Waals surface area (Å²) >= 11 is 0. The molecule has 0 saturated carbocycles. The van der Waals surface area contributed by atoms with Crippen LogP contribution in [0.1, 0.15) is 29.6 Å². The van der Waals surface area contributed by atoms with Crippen LogP contribution in [0.4, 0.5) is 5.69 Å². The smallest absolute Gasteiger partial charge is 0.282 e. The third kappa shape index (κ3) is 2.43. The lowest BCUT2D eigenvalue weighted by molar-refractivity contribution is -0.385. The molecule has 0 aromatic heterocycles. The first-order valence-electron chi connectivity index (χ1n) is 5.73. The Bertz CT molecular complexity index is 439. The van der Waals surface area contributed by atoms with E-state index in [2.05, 4.69) is 0 Å². The van der Waals surface area contributed by atoms with Crippen LogP contribution in [0.15, 0.2) is 24.3 Å². The number of nitro groups is 1. The van der Waals surface area contributed by atoms with Gasteiger partial charge in [0.15, 0.2) is 0 Å². The Hall–Kier alpha value is -1.91. The van der Waals surface area contributed by atoms with Gasteiger partial charge >= 0.3 is 0 Å². The number of hydrogen-bond acceptors (Lipinski definition) is 3. The number of carbonyl (C=O) groups is 1. The van der Waals surface area contributed by atoms with Crippen molar-refractivity contribution in [3.63, 3.8) is 0 Å². The highest BCUT2D eigenvalue weighted by Crippen LogP contribution is 2.21. The summed E-state index contributed by atoms with van der Waals surface area (Å²) in [4.78, 5) is 24.2. The summed E-state index contributed by atoms with van der Waals surface area (Å²) in [7, 11) is 0. The summed E-state index contributed by atoms with van der Waals surface area (Å²) in [5.74, 6) is -0.225. The predicted molar refractivity (Wildman–Crippen MR) is 62.9 cm³/mol. The van der Waals surface area contributed by atoms with Crippen LogP contribution in [0.3, 0.4) is 0 Å². The van der Waals surface area contributed by atoms with Crippen LogP contribution in [0.2, 0.25) is 0 Å². The second-order valence-corrected chi connectivity index (χ2v) is 4.13. The molecule has 5 heteroatoms. The summed E-state index contributed by atoms with van der Waals surface area (Å²) in [6.45, 7) is 1.40. The molecule has 1 aliphatic heterocycles. The van der Waals surface area contributed by atoms with Gasteiger partial charge in [0.05, 0.1) is 4.92 Å². The van der Waals surface area contributed by atoms with Gasteiger partial charge in [0, 0.05) is 19.2 Å². The molecular formula is C12H14N2O3. The first-order valence-corrected chi connectivity index (χ1v) is 5.73. The Morgan fingerprint density at radius 2 is 1.82 bits per heavy atom. The molecule has 1 aliphatic rings. The molecule has 0 unspecified atom stereocenters. The molecule has 1 amide bonds. The fraction of sp³-hybridized carbons (Fsp3) is 0.417. The Balaban J connectivity index is 2.26. The highest BCUT2D eigenvalue weighted by molar-refractivity contribution is 5.98. The topological polar surface area (TPSA) is 63.4 Å². The number of benzene rings is 1. The quantitative estimate of drug-likeness (QED) is 0.582. The Kier molecular flexibility index (Phi) is 3.37. The number of piperidine rings is 1. The Labute approximate surface area is 99.2 Å². The number of amides is 1. The van der Waals surface area contributed by atoms with Gasteiger partial charge in [-0.15, -0.1) is 0 Å². The highest BCUT2D eigenvalue weighted by Gasteiger charge is 2.24. The molecule has 1 fully saturated rings. The van der Waals surface area contributed by atoms with Crippen LogP contribution in [0.25, 0.3) is 0 Å². The molecule has 17 heavy (non-hydrogen) atoms. The molecule has 1 aromatic carbocycles. The van der Waals surface area contributed by atoms with Gasteiger partial charge in [-0.3, -0.25) is 14.9 Å².